The van der Waals surface area contributed by atoms with Gasteiger partial charge in [-0.25, -0.2) is 8.42 Å². The first-order valence-corrected chi connectivity index (χ1v) is 9.57. The Hall–Kier alpha value is -0.470. The molecule has 5 nitrogen and oxygen atoms in total. The van der Waals surface area contributed by atoms with Crippen LogP contribution in [-0.4, -0.2) is 64.9 Å². The number of rotatable bonds is 7. The van der Waals surface area contributed by atoms with Crippen LogP contribution in [0.5, 0.6) is 0 Å². The van der Waals surface area contributed by atoms with Crippen molar-refractivity contribution in [3.63, 3.8) is 0 Å². The summed E-state index contributed by atoms with van der Waals surface area (Å²) in [5.41, 5.74) is 0. The minimum Gasteiger partial charge on any atom is -0.319 e. The third-order valence-electron chi connectivity index (χ3n) is 3.93. The zero-order valence-electron chi connectivity index (χ0n) is 13.0. The molecule has 0 aliphatic carbocycles. The Balaban J connectivity index is 2.01. The summed E-state index contributed by atoms with van der Waals surface area (Å²) in [5, 5.41) is 3.08. The monoisotopic (exact) mass is 331 g/mol. The average molecular weight is 332 g/mol. The second-order valence-electron chi connectivity index (χ2n) is 5.78. The van der Waals surface area contributed by atoms with E-state index >= 15 is 0 Å². The lowest BCUT2D eigenvalue weighted by atomic mass is 10.1. The first-order chi connectivity index (χ1) is 9.93. The van der Waals surface area contributed by atoms with E-state index in [4.69, 9.17) is 0 Å². The Labute approximate surface area is 132 Å². The summed E-state index contributed by atoms with van der Waals surface area (Å²) < 4.78 is 27.2. The van der Waals surface area contributed by atoms with Crippen molar-refractivity contribution in [2.45, 2.75) is 17.1 Å². The fraction of sp³-hybridized carbons (Fsp3) is 0.714. The Kier molecular flexibility index (Phi) is 5.79. The fourth-order valence-electron chi connectivity index (χ4n) is 2.67. The summed E-state index contributed by atoms with van der Waals surface area (Å²) in [5.74, 6) is 0.443. The zero-order chi connectivity index (χ0) is 15.5. The van der Waals surface area contributed by atoms with Crippen molar-refractivity contribution < 1.29 is 8.42 Å². The van der Waals surface area contributed by atoms with E-state index in [0.717, 1.165) is 37.4 Å². The van der Waals surface area contributed by atoms with Gasteiger partial charge in [0.1, 0.15) is 4.21 Å². The normalized spacial score (nSPS) is 20.5. The first kappa shape index (κ1) is 16.9. The Bertz CT molecular complexity index is 556. The third kappa shape index (κ3) is 4.26. The molecule has 1 atom stereocenters. The summed E-state index contributed by atoms with van der Waals surface area (Å²) in [6.45, 7) is 3.52. The van der Waals surface area contributed by atoms with Gasteiger partial charge in [-0.1, -0.05) is 0 Å². The van der Waals surface area contributed by atoms with Crippen LogP contribution in [0.2, 0.25) is 0 Å². The van der Waals surface area contributed by atoms with Gasteiger partial charge in [0, 0.05) is 25.0 Å². The Morgan fingerprint density at radius 2 is 2.24 bits per heavy atom. The lowest BCUT2D eigenvalue weighted by molar-refractivity contribution is 0.357. The lowest BCUT2D eigenvalue weighted by Gasteiger charge is -2.20. The standard InChI is InChI=1S/C14H25N3O2S2/c1-15-8-6-13-4-5-14(20-13)21(18,19)17(3)11-12-7-9-16(2)10-12/h4-5,12,15H,6-11H2,1-3H3. The molecule has 120 valence electrons. The van der Waals surface area contributed by atoms with Gasteiger partial charge in [0.15, 0.2) is 0 Å². The van der Waals surface area contributed by atoms with Crippen LogP contribution in [0, 0.1) is 5.92 Å². The molecule has 0 spiro atoms. The number of thiophene rings is 1. The highest BCUT2D eigenvalue weighted by Gasteiger charge is 2.28. The van der Waals surface area contributed by atoms with Crippen LogP contribution in [-0.2, 0) is 16.4 Å². The summed E-state index contributed by atoms with van der Waals surface area (Å²) in [7, 11) is 2.35. The molecule has 1 aliphatic rings. The van der Waals surface area contributed by atoms with E-state index in [1.54, 1.807) is 13.1 Å². The number of likely N-dealkylation sites (N-methyl/N-ethyl adjacent to an activating group) is 1. The molecular weight excluding hydrogens is 306 g/mol. The van der Waals surface area contributed by atoms with Crippen molar-refractivity contribution in [1.29, 1.82) is 0 Å². The van der Waals surface area contributed by atoms with Gasteiger partial charge in [-0.3, -0.25) is 0 Å². The molecule has 0 amide bonds. The van der Waals surface area contributed by atoms with Gasteiger partial charge in [0.2, 0.25) is 0 Å². The van der Waals surface area contributed by atoms with E-state index in [0.29, 0.717) is 16.7 Å². The molecule has 0 bridgehead atoms. The maximum Gasteiger partial charge on any atom is 0.252 e. The van der Waals surface area contributed by atoms with Gasteiger partial charge in [-0.2, -0.15) is 4.31 Å². The molecule has 0 radical (unpaired) electrons. The highest BCUT2D eigenvalue weighted by atomic mass is 32.2. The van der Waals surface area contributed by atoms with Gasteiger partial charge < -0.3 is 10.2 Å². The summed E-state index contributed by atoms with van der Waals surface area (Å²) in [4.78, 5) is 3.36. The smallest absolute Gasteiger partial charge is 0.252 e. The first-order valence-electron chi connectivity index (χ1n) is 7.31. The number of likely N-dealkylation sites (tertiary alicyclic amines) is 1. The second-order valence-corrected chi connectivity index (χ2v) is 9.22. The molecule has 0 saturated carbocycles. The van der Waals surface area contributed by atoms with Crippen LogP contribution in [0.3, 0.4) is 0 Å². The van der Waals surface area contributed by atoms with E-state index < -0.39 is 10.0 Å². The van der Waals surface area contributed by atoms with Gasteiger partial charge >= 0.3 is 0 Å². The van der Waals surface area contributed by atoms with Crippen LogP contribution >= 0.6 is 11.3 Å². The maximum absolute atomic E-state index is 12.6. The topological polar surface area (TPSA) is 52.7 Å². The molecule has 2 heterocycles. The quantitative estimate of drug-likeness (QED) is 0.812. The molecule has 0 aromatic carbocycles. The highest BCUT2D eigenvalue weighted by molar-refractivity contribution is 7.91. The number of sulfonamides is 1. The summed E-state index contributed by atoms with van der Waals surface area (Å²) in [6, 6.07) is 3.66. The largest absolute Gasteiger partial charge is 0.319 e. The van der Waals surface area contributed by atoms with Crippen molar-refractivity contribution in [1.82, 2.24) is 14.5 Å². The van der Waals surface area contributed by atoms with Crippen LogP contribution in [0.15, 0.2) is 16.3 Å². The highest BCUT2D eigenvalue weighted by Crippen LogP contribution is 2.26. The van der Waals surface area contributed by atoms with Gasteiger partial charge in [0.05, 0.1) is 0 Å². The minimum atomic E-state index is -3.34. The zero-order valence-corrected chi connectivity index (χ0v) is 14.6. The Morgan fingerprint density at radius 1 is 1.48 bits per heavy atom. The minimum absolute atomic E-state index is 0.443. The van der Waals surface area contributed by atoms with E-state index in [1.165, 1.54) is 15.6 Å². The molecular formula is C14H25N3O2S2. The molecule has 1 aromatic rings. The SMILES string of the molecule is CNCCc1ccc(S(=O)(=O)N(C)CC2CCN(C)C2)s1. The van der Waals surface area contributed by atoms with Gasteiger partial charge in [-0.05, 0) is 58.1 Å². The second kappa shape index (κ2) is 7.19. The lowest BCUT2D eigenvalue weighted by Crippen LogP contribution is -2.32. The summed E-state index contributed by atoms with van der Waals surface area (Å²) >= 11 is 1.39. The number of hydrogen-bond donors (Lipinski definition) is 1. The van der Waals surface area contributed by atoms with Crippen LogP contribution in [0.4, 0.5) is 0 Å². The number of nitrogens with one attached hydrogen (secondary N) is 1. The average Bonchev–Trinajstić information content (AvgIpc) is 3.06. The van der Waals surface area contributed by atoms with Crippen molar-refractivity contribution in [3.05, 3.63) is 17.0 Å². The van der Waals surface area contributed by atoms with Crippen LogP contribution < -0.4 is 5.32 Å². The predicted octanol–water partition coefficient (Wildman–Crippen LogP) is 1.08. The van der Waals surface area contributed by atoms with Gasteiger partial charge in [-0.15, -0.1) is 11.3 Å². The third-order valence-corrected chi connectivity index (χ3v) is 7.36. The van der Waals surface area contributed by atoms with Crippen molar-refractivity contribution in [3.8, 4) is 0 Å². The molecule has 1 saturated heterocycles. The summed E-state index contributed by atoms with van der Waals surface area (Å²) in [6.07, 6.45) is 1.95. The van der Waals surface area contributed by atoms with E-state index in [-0.39, 0.29) is 0 Å². The number of nitrogens with zero attached hydrogens (tertiary/aromatic N) is 2. The molecule has 21 heavy (non-hydrogen) atoms. The van der Waals surface area contributed by atoms with Crippen LogP contribution in [0.25, 0.3) is 0 Å². The molecule has 1 N–H and O–H groups in total. The molecule has 1 fully saturated rings. The fourth-order valence-corrected chi connectivity index (χ4v) is 5.48. The molecule has 1 aromatic heterocycles. The Morgan fingerprint density at radius 3 is 2.86 bits per heavy atom. The van der Waals surface area contributed by atoms with E-state index in [1.807, 2.05) is 13.1 Å². The molecule has 1 aliphatic heterocycles. The number of hydrogen-bond acceptors (Lipinski definition) is 5. The van der Waals surface area contributed by atoms with Crippen LogP contribution in [0.1, 0.15) is 11.3 Å². The molecule has 2 rings (SSSR count). The van der Waals surface area contributed by atoms with E-state index in [9.17, 15) is 8.42 Å². The van der Waals surface area contributed by atoms with Crippen molar-refractivity contribution in [2.75, 3.05) is 47.3 Å². The maximum atomic E-state index is 12.6. The van der Waals surface area contributed by atoms with Crippen molar-refractivity contribution in [2.24, 2.45) is 5.92 Å². The van der Waals surface area contributed by atoms with Gasteiger partial charge in [0.25, 0.3) is 10.0 Å². The van der Waals surface area contributed by atoms with E-state index in [2.05, 4.69) is 17.3 Å². The predicted molar refractivity (Wildman–Crippen MR) is 87.4 cm³/mol. The molecule has 7 heteroatoms. The molecule has 1 unspecified atom stereocenters. The van der Waals surface area contributed by atoms with Crippen molar-refractivity contribution >= 4 is 21.4 Å².